The summed E-state index contributed by atoms with van der Waals surface area (Å²) in [4.78, 5) is 7.25. The van der Waals surface area contributed by atoms with E-state index < -0.39 is 11.9 Å². The van der Waals surface area contributed by atoms with Crippen molar-refractivity contribution in [3.8, 4) is 0 Å². The number of rotatable bonds is 2. The van der Waals surface area contributed by atoms with Crippen LogP contribution in [-0.2, 0) is 6.18 Å². The van der Waals surface area contributed by atoms with Crippen LogP contribution < -0.4 is 5.32 Å². The number of alkyl halides is 3. The molecule has 6 heteroatoms. The molecule has 0 bridgehead atoms. The van der Waals surface area contributed by atoms with Crippen LogP contribution in [0.25, 0.3) is 0 Å². The molecule has 1 aliphatic rings. The first-order valence-corrected chi connectivity index (χ1v) is 5.50. The number of hydrogen-bond donors (Lipinski definition) is 1. The Kier molecular flexibility index (Phi) is 3.36. The molecule has 0 aliphatic heterocycles. The number of anilines is 1. The Morgan fingerprint density at radius 2 is 2.11 bits per heavy atom. The smallest absolute Gasteiger partial charge is 0.328 e. The molecule has 0 unspecified atom stereocenters. The number of nitrogens with zero attached hydrogens (tertiary/aromatic N) is 2. The summed E-state index contributed by atoms with van der Waals surface area (Å²) in [5, 5.41) is 2.82. The maximum Gasteiger partial charge on any atom is 0.433 e. The molecule has 0 atom stereocenters. The van der Waals surface area contributed by atoms with Crippen LogP contribution in [-0.4, -0.2) is 9.97 Å². The Morgan fingerprint density at radius 3 is 2.78 bits per heavy atom. The van der Waals surface area contributed by atoms with Crippen molar-refractivity contribution in [2.75, 3.05) is 5.32 Å². The summed E-state index contributed by atoms with van der Waals surface area (Å²) in [5.41, 5.74) is 0.966. The summed E-state index contributed by atoms with van der Waals surface area (Å²) in [6.45, 7) is 1.94. The number of hydrogen-bond acceptors (Lipinski definition) is 3. The van der Waals surface area contributed by atoms with Crippen LogP contribution in [0.15, 0.2) is 35.7 Å². The lowest BCUT2D eigenvalue weighted by Gasteiger charge is -2.13. The molecule has 1 N–H and O–H groups in total. The molecule has 0 fully saturated rings. The van der Waals surface area contributed by atoms with Gasteiger partial charge in [-0.1, -0.05) is 11.6 Å². The fraction of sp³-hybridized carbons (Fsp3) is 0.333. The van der Waals surface area contributed by atoms with Gasteiger partial charge in [0.15, 0.2) is 0 Å². The molecular formula is C12H12F3N3. The van der Waals surface area contributed by atoms with Gasteiger partial charge >= 0.3 is 6.18 Å². The van der Waals surface area contributed by atoms with Crippen molar-refractivity contribution in [1.82, 2.24) is 9.97 Å². The van der Waals surface area contributed by atoms with Crippen LogP contribution in [0.5, 0.6) is 0 Å². The van der Waals surface area contributed by atoms with Crippen LogP contribution in [0, 0.1) is 0 Å². The van der Waals surface area contributed by atoms with Gasteiger partial charge in [-0.05, 0) is 31.9 Å². The molecule has 1 aliphatic carbocycles. The lowest BCUT2D eigenvalue weighted by atomic mass is 10.1. The lowest BCUT2D eigenvalue weighted by molar-refractivity contribution is -0.141. The standard InChI is InChI=1S/C12H12F3N3/c1-8-3-2-4-9(7-8)17-11-16-6-5-10(18-11)12(13,14)15/h3,5-7H,2,4H2,1H3,(H,16,17,18). The number of halogens is 3. The van der Waals surface area contributed by atoms with Crippen LogP contribution in [0.3, 0.4) is 0 Å². The molecule has 0 radical (unpaired) electrons. The van der Waals surface area contributed by atoms with Crippen molar-refractivity contribution < 1.29 is 13.2 Å². The van der Waals surface area contributed by atoms with E-state index in [1.165, 1.54) is 0 Å². The van der Waals surface area contributed by atoms with E-state index in [9.17, 15) is 13.2 Å². The second-order valence-corrected chi connectivity index (χ2v) is 4.04. The van der Waals surface area contributed by atoms with Crippen molar-refractivity contribution in [1.29, 1.82) is 0 Å². The van der Waals surface area contributed by atoms with Gasteiger partial charge < -0.3 is 5.32 Å². The van der Waals surface area contributed by atoms with Crippen molar-refractivity contribution >= 4 is 5.95 Å². The molecule has 0 amide bonds. The van der Waals surface area contributed by atoms with Crippen LogP contribution in [0.4, 0.5) is 19.1 Å². The molecule has 1 aromatic heterocycles. The number of allylic oxidation sites excluding steroid dienone is 4. The van der Waals surface area contributed by atoms with Gasteiger partial charge in [-0.3, -0.25) is 0 Å². The van der Waals surface area contributed by atoms with E-state index in [2.05, 4.69) is 21.4 Å². The summed E-state index contributed by atoms with van der Waals surface area (Å²) in [7, 11) is 0. The first-order valence-electron chi connectivity index (χ1n) is 5.50. The fourth-order valence-corrected chi connectivity index (χ4v) is 1.68. The monoisotopic (exact) mass is 255 g/mol. The number of aromatic nitrogens is 2. The van der Waals surface area contributed by atoms with Gasteiger partial charge in [0.1, 0.15) is 5.69 Å². The highest BCUT2D eigenvalue weighted by Crippen LogP contribution is 2.28. The summed E-state index contributed by atoms with van der Waals surface area (Å²) in [6.07, 6.45) is 2.21. The van der Waals surface area contributed by atoms with E-state index in [1.807, 2.05) is 13.0 Å². The van der Waals surface area contributed by atoms with Crippen molar-refractivity contribution in [2.24, 2.45) is 0 Å². The molecule has 96 valence electrons. The first kappa shape index (κ1) is 12.6. The van der Waals surface area contributed by atoms with Crippen LogP contribution in [0.2, 0.25) is 0 Å². The summed E-state index contributed by atoms with van der Waals surface area (Å²) in [6, 6.07) is 0.853. The molecule has 0 aromatic carbocycles. The summed E-state index contributed by atoms with van der Waals surface area (Å²) < 4.78 is 37.4. The molecule has 2 rings (SSSR count). The molecule has 0 saturated carbocycles. The van der Waals surface area contributed by atoms with E-state index in [4.69, 9.17) is 0 Å². The second kappa shape index (κ2) is 4.80. The minimum Gasteiger partial charge on any atom is -0.328 e. The number of nitrogens with one attached hydrogen (secondary N) is 1. The normalized spacial score (nSPS) is 16.0. The Morgan fingerprint density at radius 1 is 1.33 bits per heavy atom. The van der Waals surface area contributed by atoms with E-state index in [0.717, 1.165) is 36.4 Å². The third-order valence-electron chi connectivity index (χ3n) is 2.50. The molecule has 1 aromatic rings. The Labute approximate surface area is 102 Å². The van der Waals surface area contributed by atoms with Crippen LogP contribution >= 0.6 is 0 Å². The molecule has 0 spiro atoms. The zero-order chi connectivity index (χ0) is 13.2. The minimum atomic E-state index is -4.45. The maximum atomic E-state index is 12.5. The second-order valence-electron chi connectivity index (χ2n) is 4.04. The highest BCUT2D eigenvalue weighted by molar-refractivity contribution is 5.39. The molecule has 1 heterocycles. The Bertz CT molecular complexity index is 504. The van der Waals surface area contributed by atoms with Gasteiger partial charge in [-0.25, -0.2) is 9.97 Å². The van der Waals surface area contributed by atoms with Crippen molar-refractivity contribution in [3.63, 3.8) is 0 Å². The lowest BCUT2D eigenvalue weighted by Crippen LogP contribution is -2.12. The van der Waals surface area contributed by atoms with Crippen molar-refractivity contribution in [2.45, 2.75) is 25.9 Å². The van der Waals surface area contributed by atoms with E-state index >= 15 is 0 Å². The molecule has 3 nitrogen and oxygen atoms in total. The van der Waals surface area contributed by atoms with E-state index in [1.54, 1.807) is 0 Å². The van der Waals surface area contributed by atoms with Gasteiger partial charge in [0, 0.05) is 11.9 Å². The highest BCUT2D eigenvalue weighted by Gasteiger charge is 2.32. The first-order chi connectivity index (χ1) is 8.45. The fourth-order valence-electron chi connectivity index (χ4n) is 1.68. The average molecular weight is 255 g/mol. The SMILES string of the molecule is CC1=CCCC(Nc2nccc(C(F)(F)F)n2)=C1. The van der Waals surface area contributed by atoms with E-state index in [-0.39, 0.29) is 5.95 Å². The summed E-state index contributed by atoms with van der Waals surface area (Å²) >= 11 is 0. The maximum absolute atomic E-state index is 12.5. The van der Waals surface area contributed by atoms with E-state index in [0.29, 0.717) is 0 Å². The van der Waals surface area contributed by atoms with Crippen LogP contribution in [0.1, 0.15) is 25.5 Å². The quantitative estimate of drug-likeness (QED) is 0.878. The molecule has 18 heavy (non-hydrogen) atoms. The van der Waals surface area contributed by atoms with Gasteiger partial charge in [0.25, 0.3) is 0 Å². The predicted molar refractivity (Wildman–Crippen MR) is 61.7 cm³/mol. The van der Waals surface area contributed by atoms with Crippen molar-refractivity contribution in [3.05, 3.63) is 41.4 Å². The van der Waals surface area contributed by atoms with Gasteiger partial charge in [-0.15, -0.1) is 0 Å². The van der Waals surface area contributed by atoms with Gasteiger partial charge in [0.05, 0.1) is 0 Å². The zero-order valence-corrected chi connectivity index (χ0v) is 9.75. The summed E-state index contributed by atoms with van der Waals surface area (Å²) in [5.74, 6) is -0.0224. The largest absolute Gasteiger partial charge is 0.433 e. The predicted octanol–water partition coefficient (Wildman–Crippen LogP) is 3.53. The Hall–Kier alpha value is -1.85. The highest BCUT2D eigenvalue weighted by atomic mass is 19.4. The average Bonchev–Trinajstić information content (AvgIpc) is 2.28. The zero-order valence-electron chi connectivity index (χ0n) is 9.75. The third-order valence-corrected chi connectivity index (χ3v) is 2.50. The molecule has 0 saturated heterocycles. The Balaban J connectivity index is 2.18. The minimum absolute atomic E-state index is 0.0224. The molecular weight excluding hydrogens is 243 g/mol. The van der Waals surface area contributed by atoms with Gasteiger partial charge in [0.2, 0.25) is 5.95 Å². The topological polar surface area (TPSA) is 37.8 Å². The third kappa shape index (κ3) is 3.09. The van der Waals surface area contributed by atoms with Gasteiger partial charge in [-0.2, -0.15) is 13.2 Å².